The van der Waals surface area contributed by atoms with Gasteiger partial charge in [0.2, 0.25) is 0 Å². The third-order valence-corrected chi connectivity index (χ3v) is 2.44. The first kappa shape index (κ1) is 14.5. The maximum absolute atomic E-state index is 10.7. The maximum Gasteiger partial charge on any atom is 0.189 e. The minimum atomic E-state index is 0.103. The molecule has 0 aliphatic carbocycles. The van der Waals surface area contributed by atoms with E-state index in [1.165, 1.54) is 0 Å². The van der Waals surface area contributed by atoms with Gasteiger partial charge in [-0.05, 0) is 24.5 Å². The van der Waals surface area contributed by atoms with Crippen molar-refractivity contribution in [2.45, 2.75) is 32.8 Å². The van der Waals surface area contributed by atoms with Gasteiger partial charge in [0, 0.05) is 0 Å². The van der Waals surface area contributed by atoms with E-state index in [9.17, 15) is 4.79 Å². The van der Waals surface area contributed by atoms with Gasteiger partial charge in [0.05, 0.1) is 6.61 Å². The van der Waals surface area contributed by atoms with Crippen LogP contribution in [-0.2, 0) is 20.9 Å². The molecule has 3 nitrogen and oxygen atoms in total. The van der Waals surface area contributed by atoms with Crippen molar-refractivity contribution in [2.75, 3.05) is 6.79 Å². The zero-order chi connectivity index (χ0) is 13.1. The lowest BCUT2D eigenvalue weighted by Gasteiger charge is -2.06. The molecule has 0 unspecified atom stereocenters. The fourth-order valence-electron chi connectivity index (χ4n) is 1.43. The second-order valence-corrected chi connectivity index (χ2v) is 3.96. The first-order chi connectivity index (χ1) is 8.86. The molecule has 0 atom stereocenters. The van der Waals surface area contributed by atoms with Crippen molar-refractivity contribution in [3.8, 4) is 0 Å². The molecule has 18 heavy (non-hydrogen) atoms. The molecule has 98 valence electrons. The van der Waals surface area contributed by atoms with Crippen LogP contribution in [0.2, 0.25) is 0 Å². The molecule has 0 saturated heterocycles. The minimum Gasteiger partial charge on any atom is -0.464 e. The van der Waals surface area contributed by atoms with Gasteiger partial charge in [-0.1, -0.05) is 43.7 Å². The second kappa shape index (κ2) is 9.42. The van der Waals surface area contributed by atoms with Gasteiger partial charge in [-0.25, -0.2) is 0 Å². The molecule has 0 aromatic heterocycles. The van der Waals surface area contributed by atoms with Gasteiger partial charge in [0.25, 0.3) is 0 Å². The molecule has 0 saturated carbocycles. The van der Waals surface area contributed by atoms with Crippen LogP contribution in [0.4, 0.5) is 0 Å². The van der Waals surface area contributed by atoms with Crippen molar-refractivity contribution >= 4 is 6.29 Å². The molecule has 0 amide bonds. The van der Waals surface area contributed by atoms with E-state index in [0.29, 0.717) is 12.4 Å². The third kappa shape index (κ3) is 6.21. The van der Waals surface area contributed by atoms with E-state index in [4.69, 9.17) is 9.47 Å². The van der Waals surface area contributed by atoms with Crippen LogP contribution < -0.4 is 0 Å². The Bertz CT molecular complexity index is 357. The molecule has 0 aliphatic rings. The van der Waals surface area contributed by atoms with Crippen LogP contribution in [0.5, 0.6) is 0 Å². The van der Waals surface area contributed by atoms with E-state index in [1.807, 2.05) is 36.4 Å². The standard InChI is InChI=1S/C15H20O3/c1-2-3-5-10-15(11-16)18-13-17-12-14-8-6-4-7-9-14/h4,6-11H,2-3,5,12-13H2,1H3/b15-10+. The van der Waals surface area contributed by atoms with Crippen LogP contribution in [0.15, 0.2) is 42.2 Å². The molecular formula is C15H20O3. The Hall–Kier alpha value is -1.61. The van der Waals surface area contributed by atoms with E-state index in [-0.39, 0.29) is 6.79 Å². The highest BCUT2D eigenvalue weighted by atomic mass is 16.7. The Labute approximate surface area is 108 Å². The number of benzene rings is 1. The topological polar surface area (TPSA) is 35.5 Å². The Kier molecular flexibility index (Phi) is 7.57. The number of unbranched alkanes of at least 4 members (excludes halogenated alkanes) is 2. The Morgan fingerprint density at radius 1 is 1.28 bits per heavy atom. The van der Waals surface area contributed by atoms with E-state index >= 15 is 0 Å². The molecule has 1 aromatic rings. The van der Waals surface area contributed by atoms with Gasteiger partial charge in [-0.15, -0.1) is 0 Å². The van der Waals surface area contributed by atoms with Crippen LogP contribution in [-0.4, -0.2) is 13.1 Å². The maximum atomic E-state index is 10.7. The van der Waals surface area contributed by atoms with Gasteiger partial charge in [0.1, 0.15) is 0 Å². The summed E-state index contributed by atoms with van der Waals surface area (Å²) in [5.41, 5.74) is 1.09. The number of ether oxygens (including phenoxy) is 2. The van der Waals surface area contributed by atoms with Gasteiger partial charge in [-0.3, -0.25) is 4.79 Å². The summed E-state index contributed by atoms with van der Waals surface area (Å²) in [6, 6.07) is 9.85. The highest BCUT2D eigenvalue weighted by molar-refractivity contribution is 5.69. The van der Waals surface area contributed by atoms with E-state index in [0.717, 1.165) is 31.1 Å². The zero-order valence-corrected chi connectivity index (χ0v) is 10.8. The number of carbonyl (C=O) groups is 1. The highest BCUT2D eigenvalue weighted by Crippen LogP contribution is 2.03. The molecule has 3 heteroatoms. The first-order valence-corrected chi connectivity index (χ1v) is 6.26. The Morgan fingerprint density at radius 3 is 2.72 bits per heavy atom. The number of rotatable bonds is 9. The summed E-state index contributed by atoms with van der Waals surface area (Å²) in [6.07, 6.45) is 5.56. The summed E-state index contributed by atoms with van der Waals surface area (Å²) in [6.45, 7) is 2.70. The summed E-state index contributed by atoms with van der Waals surface area (Å²) >= 11 is 0. The first-order valence-electron chi connectivity index (χ1n) is 6.26. The normalized spacial score (nSPS) is 11.3. The van der Waals surface area contributed by atoms with Crippen molar-refractivity contribution in [3.05, 3.63) is 47.7 Å². The summed E-state index contributed by atoms with van der Waals surface area (Å²) in [4.78, 5) is 10.7. The van der Waals surface area contributed by atoms with Crippen LogP contribution in [0.3, 0.4) is 0 Å². The van der Waals surface area contributed by atoms with Crippen molar-refractivity contribution in [2.24, 2.45) is 0 Å². The molecule has 0 spiro atoms. The zero-order valence-electron chi connectivity index (χ0n) is 10.8. The third-order valence-electron chi connectivity index (χ3n) is 2.44. The monoisotopic (exact) mass is 248 g/mol. The van der Waals surface area contributed by atoms with Crippen molar-refractivity contribution in [1.82, 2.24) is 0 Å². The van der Waals surface area contributed by atoms with Gasteiger partial charge in [-0.2, -0.15) is 0 Å². The lowest BCUT2D eigenvalue weighted by atomic mass is 10.2. The van der Waals surface area contributed by atoms with Gasteiger partial charge in [0.15, 0.2) is 18.8 Å². The number of carbonyl (C=O) groups excluding carboxylic acids is 1. The van der Waals surface area contributed by atoms with Crippen molar-refractivity contribution < 1.29 is 14.3 Å². The molecule has 0 fully saturated rings. The van der Waals surface area contributed by atoms with E-state index < -0.39 is 0 Å². The average Bonchev–Trinajstić information content (AvgIpc) is 2.43. The van der Waals surface area contributed by atoms with Gasteiger partial charge >= 0.3 is 0 Å². The van der Waals surface area contributed by atoms with Crippen LogP contribution in [0.25, 0.3) is 0 Å². The van der Waals surface area contributed by atoms with E-state index in [1.54, 1.807) is 0 Å². The highest BCUT2D eigenvalue weighted by Gasteiger charge is 1.96. The molecule has 0 bridgehead atoms. The second-order valence-electron chi connectivity index (χ2n) is 3.96. The fourth-order valence-corrected chi connectivity index (χ4v) is 1.43. The molecule has 1 aromatic carbocycles. The largest absolute Gasteiger partial charge is 0.464 e. The minimum absolute atomic E-state index is 0.103. The quantitative estimate of drug-likeness (QED) is 0.221. The predicted molar refractivity (Wildman–Crippen MR) is 70.9 cm³/mol. The van der Waals surface area contributed by atoms with Crippen molar-refractivity contribution in [3.63, 3.8) is 0 Å². The summed E-state index contributed by atoms with van der Waals surface area (Å²) in [5, 5.41) is 0. The van der Waals surface area contributed by atoms with Crippen LogP contribution >= 0.6 is 0 Å². The van der Waals surface area contributed by atoms with E-state index in [2.05, 4.69) is 6.92 Å². The molecule has 1 rings (SSSR count). The number of aldehydes is 1. The number of hydrogen-bond acceptors (Lipinski definition) is 3. The molecule has 0 aliphatic heterocycles. The van der Waals surface area contributed by atoms with Crippen molar-refractivity contribution in [1.29, 1.82) is 0 Å². The fraction of sp³-hybridized carbons (Fsp3) is 0.400. The Balaban J connectivity index is 2.19. The van der Waals surface area contributed by atoms with Gasteiger partial charge < -0.3 is 9.47 Å². The summed E-state index contributed by atoms with van der Waals surface area (Å²) in [5.74, 6) is 0.358. The smallest absolute Gasteiger partial charge is 0.189 e. The van der Waals surface area contributed by atoms with Crippen LogP contribution in [0, 0.1) is 0 Å². The SMILES string of the molecule is CCCC/C=C(\C=O)OCOCc1ccccc1. The average molecular weight is 248 g/mol. The molecular weight excluding hydrogens is 228 g/mol. The summed E-state index contributed by atoms with van der Waals surface area (Å²) in [7, 11) is 0. The lowest BCUT2D eigenvalue weighted by Crippen LogP contribution is -2.01. The molecule has 0 heterocycles. The molecule has 0 radical (unpaired) electrons. The number of allylic oxidation sites excluding steroid dienone is 2. The number of hydrogen-bond donors (Lipinski definition) is 0. The predicted octanol–water partition coefficient (Wildman–Crippen LogP) is 3.45. The van der Waals surface area contributed by atoms with Crippen LogP contribution in [0.1, 0.15) is 31.7 Å². The summed E-state index contributed by atoms with van der Waals surface area (Å²) < 4.78 is 10.6. The lowest BCUT2D eigenvalue weighted by molar-refractivity contribution is -0.111. The Morgan fingerprint density at radius 2 is 2.06 bits per heavy atom. The molecule has 0 N–H and O–H groups in total.